The summed E-state index contributed by atoms with van der Waals surface area (Å²) in [6.45, 7) is 2.96. The summed E-state index contributed by atoms with van der Waals surface area (Å²) in [5.74, 6) is 2.38. The Kier molecular flexibility index (Phi) is 8.08. The molecule has 3 atom stereocenters. The third-order valence-electron chi connectivity index (χ3n) is 7.52. The number of hydrogen-bond donors (Lipinski definition) is 1. The highest BCUT2D eigenvalue weighted by atomic mass is 79.9. The van der Waals surface area contributed by atoms with E-state index in [1.165, 1.54) is 16.8 Å². The lowest BCUT2D eigenvalue weighted by Crippen LogP contribution is -2.28. The summed E-state index contributed by atoms with van der Waals surface area (Å²) in [5, 5.41) is 3.80. The molecule has 1 aliphatic heterocycles. The number of benzene rings is 4. The van der Waals surface area contributed by atoms with Crippen molar-refractivity contribution in [2.45, 2.75) is 31.9 Å². The highest BCUT2D eigenvalue weighted by Gasteiger charge is 2.37. The molecular weight excluding hydrogens is 628 g/mol. The second kappa shape index (κ2) is 12.0. The highest BCUT2D eigenvalue weighted by Crippen LogP contribution is 2.49. The zero-order valence-electron chi connectivity index (χ0n) is 22.2. The lowest BCUT2D eigenvalue weighted by Gasteiger charge is -2.37. The van der Waals surface area contributed by atoms with Crippen LogP contribution in [0.2, 0.25) is 0 Å². The van der Waals surface area contributed by atoms with Gasteiger partial charge in [-0.1, -0.05) is 70.5 Å². The fourth-order valence-electron chi connectivity index (χ4n) is 5.59. The Morgan fingerprint density at radius 1 is 0.950 bits per heavy atom. The second-order valence-electron chi connectivity index (χ2n) is 10.1. The smallest absolute Gasteiger partial charge is 0.175 e. The van der Waals surface area contributed by atoms with Gasteiger partial charge in [0, 0.05) is 22.3 Å². The zero-order valence-corrected chi connectivity index (χ0v) is 25.4. The molecule has 0 radical (unpaired) electrons. The van der Waals surface area contributed by atoms with Crippen molar-refractivity contribution < 1.29 is 9.47 Å². The average molecular weight is 658 g/mol. The van der Waals surface area contributed by atoms with E-state index in [2.05, 4.69) is 97.9 Å². The SMILES string of the molecule is CCOc1cc(C=Nc2ccc([C@@H]3Nc4ccccc4[C@H]4C=CC[C@H]43)cc2)cc(Br)c1OCc1ccc(Br)cc1. The first-order valence-electron chi connectivity index (χ1n) is 13.6. The van der Waals surface area contributed by atoms with Gasteiger partial charge in [0.2, 0.25) is 0 Å². The van der Waals surface area contributed by atoms with Gasteiger partial charge in [-0.2, -0.15) is 0 Å². The molecule has 1 heterocycles. The molecule has 0 saturated heterocycles. The first kappa shape index (κ1) is 26.9. The Balaban J connectivity index is 1.17. The summed E-state index contributed by atoms with van der Waals surface area (Å²) in [7, 11) is 0. The van der Waals surface area contributed by atoms with Crippen LogP contribution in [0.15, 0.2) is 111 Å². The van der Waals surface area contributed by atoms with Crippen LogP contribution in [-0.4, -0.2) is 12.8 Å². The van der Waals surface area contributed by atoms with Crippen molar-refractivity contribution in [2.24, 2.45) is 10.9 Å². The molecule has 4 aromatic carbocycles. The molecule has 0 saturated carbocycles. The number of nitrogens with zero attached hydrogens (tertiary/aromatic N) is 1. The summed E-state index contributed by atoms with van der Waals surface area (Å²) in [4.78, 5) is 4.76. The van der Waals surface area contributed by atoms with Crippen LogP contribution in [0, 0.1) is 5.92 Å². The number of para-hydroxylation sites is 1. The van der Waals surface area contributed by atoms with Crippen LogP contribution in [0.4, 0.5) is 11.4 Å². The molecule has 4 nitrogen and oxygen atoms in total. The van der Waals surface area contributed by atoms with Crippen molar-refractivity contribution in [3.05, 3.63) is 128 Å². The van der Waals surface area contributed by atoms with Gasteiger partial charge >= 0.3 is 0 Å². The van der Waals surface area contributed by atoms with E-state index in [1.54, 1.807) is 0 Å². The molecule has 2 aliphatic rings. The standard InChI is InChI=1S/C34H30Br2N2O2/c1-2-39-32-19-23(18-30(36)34(32)40-21-22-10-14-25(35)15-11-22)20-37-26-16-12-24(13-17-26)33-29-8-5-7-27(29)28-6-3-4-9-31(28)38-33/h3-7,9-20,27,29,33,38H,2,8,21H2,1H3/t27-,29-,33+/m1/s1. The molecule has 0 aromatic heterocycles. The number of aliphatic imine (C=N–C) groups is 1. The molecule has 202 valence electrons. The van der Waals surface area contributed by atoms with E-state index in [9.17, 15) is 0 Å². The number of ether oxygens (including phenoxy) is 2. The van der Waals surface area contributed by atoms with Crippen LogP contribution in [0.5, 0.6) is 11.5 Å². The Bertz CT molecular complexity index is 1550. The number of halogens is 2. The minimum absolute atomic E-state index is 0.280. The fraction of sp³-hybridized carbons (Fsp3) is 0.206. The van der Waals surface area contributed by atoms with Crippen molar-refractivity contribution in [1.82, 2.24) is 0 Å². The second-order valence-corrected chi connectivity index (χ2v) is 11.9. The van der Waals surface area contributed by atoms with Gasteiger partial charge in [0.05, 0.1) is 22.8 Å². The number of anilines is 1. The van der Waals surface area contributed by atoms with E-state index in [0.717, 1.165) is 32.2 Å². The maximum absolute atomic E-state index is 6.14. The molecule has 6 rings (SSSR count). The van der Waals surface area contributed by atoms with Gasteiger partial charge in [0.1, 0.15) is 6.61 Å². The van der Waals surface area contributed by atoms with Crippen LogP contribution in [0.3, 0.4) is 0 Å². The number of rotatable bonds is 8. The van der Waals surface area contributed by atoms with Gasteiger partial charge < -0.3 is 14.8 Å². The van der Waals surface area contributed by atoms with Gasteiger partial charge in [-0.25, -0.2) is 0 Å². The van der Waals surface area contributed by atoms with E-state index in [1.807, 2.05) is 49.5 Å². The molecule has 6 heteroatoms. The van der Waals surface area contributed by atoms with Crippen molar-refractivity contribution in [2.75, 3.05) is 11.9 Å². The highest BCUT2D eigenvalue weighted by molar-refractivity contribution is 9.10. The summed E-state index contributed by atoms with van der Waals surface area (Å²) in [6, 6.07) is 29.6. The average Bonchev–Trinajstić information content (AvgIpc) is 3.47. The molecule has 4 aromatic rings. The minimum Gasteiger partial charge on any atom is -0.490 e. The maximum Gasteiger partial charge on any atom is 0.175 e. The molecular formula is C34H30Br2N2O2. The van der Waals surface area contributed by atoms with E-state index >= 15 is 0 Å². The van der Waals surface area contributed by atoms with Crippen LogP contribution < -0.4 is 14.8 Å². The number of nitrogens with one attached hydrogen (secondary N) is 1. The largest absolute Gasteiger partial charge is 0.490 e. The minimum atomic E-state index is 0.280. The maximum atomic E-state index is 6.14. The quantitative estimate of drug-likeness (QED) is 0.152. The molecule has 0 amide bonds. The normalized spacial score (nSPS) is 19.2. The van der Waals surface area contributed by atoms with E-state index in [4.69, 9.17) is 14.5 Å². The Labute approximate surface area is 252 Å². The van der Waals surface area contributed by atoms with Crippen LogP contribution in [0.1, 0.15) is 47.6 Å². The third kappa shape index (κ3) is 5.74. The lowest BCUT2D eigenvalue weighted by molar-refractivity contribution is 0.267. The Morgan fingerprint density at radius 3 is 2.55 bits per heavy atom. The predicted molar refractivity (Wildman–Crippen MR) is 170 cm³/mol. The van der Waals surface area contributed by atoms with Crippen molar-refractivity contribution >= 4 is 49.4 Å². The number of fused-ring (bicyclic) bond motifs is 3. The van der Waals surface area contributed by atoms with Gasteiger partial charge in [0.15, 0.2) is 11.5 Å². The topological polar surface area (TPSA) is 42.8 Å². The van der Waals surface area contributed by atoms with Crippen molar-refractivity contribution in [1.29, 1.82) is 0 Å². The van der Waals surface area contributed by atoms with Crippen LogP contribution >= 0.6 is 31.9 Å². The summed E-state index contributed by atoms with van der Waals surface area (Å²) >= 11 is 7.16. The Hall–Kier alpha value is -3.35. The van der Waals surface area contributed by atoms with Crippen molar-refractivity contribution in [3.8, 4) is 11.5 Å². The Morgan fingerprint density at radius 2 is 1.75 bits per heavy atom. The van der Waals surface area contributed by atoms with Gasteiger partial charge in [0.25, 0.3) is 0 Å². The molecule has 0 spiro atoms. The third-order valence-corrected chi connectivity index (χ3v) is 8.63. The summed E-state index contributed by atoms with van der Waals surface area (Å²) in [5.41, 5.74) is 6.86. The molecule has 40 heavy (non-hydrogen) atoms. The van der Waals surface area contributed by atoms with Gasteiger partial charge in [-0.05, 0) is 99.9 Å². The molecule has 0 fully saturated rings. The molecule has 1 N–H and O–H groups in total. The zero-order chi connectivity index (χ0) is 27.5. The van der Waals surface area contributed by atoms with E-state index in [0.29, 0.717) is 36.5 Å². The van der Waals surface area contributed by atoms with Crippen LogP contribution in [0.25, 0.3) is 0 Å². The summed E-state index contributed by atoms with van der Waals surface area (Å²) < 4.78 is 13.9. The van der Waals surface area contributed by atoms with Gasteiger partial charge in [-0.3, -0.25) is 4.99 Å². The van der Waals surface area contributed by atoms with Crippen LogP contribution in [-0.2, 0) is 6.61 Å². The monoisotopic (exact) mass is 656 g/mol. The van der Waals surface area contributed by atoms with Gasteiger partial charge in [-0.15, -0.1) is 0 Å². The fourth-order valence-corrected chi connectivity index (χ4v) is 6.43. The molecule has 0 unspecified atom stereocenters. The summed E-state index contributed by atoms with van der Waals surface area (Å²) in [6.07, 6.45) is 7.67. The first-order valence-corrected chi connectivity index (χ1v) is 15.2. The number of allylic oxidation sites excluding steroid dienone is 2. The predicted octanol–water partition coefficient (Wildman–Crippen LogP) is 9.77. The first-order chi connectivity index (χ1) is 19.6. The lowest BCUT2D eigenvalue weighted by atomic mass is 9.77. The molecule has 1 aliphatic carbocycles. The molecule has 0 bridgehead atoms. The number of hydrogen-bond acceptors (Lipinski definition) is 4. The van der Waals surface area contributed by atoms with Crippen molar-refractivity contribution in [3.63, 3.8) is 0 Å². The van der Waals surface area contributed by atoms with E-state index in [-0.39, 0.29) is 6.04 Å². The van der Waals surface area contributed by atoms with E-state index < -0.39 is 0 Å².